The Bertz CT molecular complexity index is 2910. The highest BCUT2D eigenvalue weighted by Crippen LogP contribution is 2.15. The van der Waals surface area contributed by atoms with Crippen LogP contribution in [0.1, 0.15) is 13.3 Å². The zero-order chi connectivity index (χ0) is 97.3. The maximum Gasteiger partial charge on any atom is 0.242 e. The Kier molecular flexibility index (Phi) is 70.7. The predicted octanol–water partition coefficient (Wildman–Crippen LogP) is -17.3. The van der Waals surface area contributed by atoms with Crippen molar-refractivity contribution in [2.24, 2.45) is 5.92 Å². The van der Waals surface area contributed by atoms with Gasteiger partial charge in [-0.25, -0.2) is 0 Å². The van der Waals surface area contributed by atoms with Crippen molar-refractivity contribution in [1.82, 2.24) is 55.1 Å². The van der Waals surface area contributed by atoms with Crippen LogP contribution in [0.4, 0.5) is 0 Å². The molecule has 0 aliphatic rings. The lowest BCUT2D eigenvalue weighted by molar-refractivity contribution is -0.145. The van der Waals surface area contributed by atoms with Gasteiger partial charge >= 0.3 is 0 Å². The molecule has 0 aliphatic heterocycles. The number of aliphatic hydroxyl groups excluding tert-OH is 20. The van der Waals surface area contributed by atoms with E-state index in [2.05, 4.69) is 16.0 Å². The van der Waals surface area contributed by atoms with Crippen molar-refractivity contribution in [3.8, 4) is 0 Å². The number of hydrogen-bond acceptors (Lipinski definition) is 43. The summed E-state index contributed by atoms with van der Waals surface area (Å²) in [4.78, 5) is 125. The van der Waals surface area contributed by atoms with Crippen molar-refractivity contribution < 1.29 is 202 Å². The molecule has 0 aliphatic carbocycles. The monoisotopic (exact) mass is 1880 g/mol. The SMILES string of the molecule is C[C@@H](CC(=O)NCC(=O)N(C)CC(=O)N(C)CC(=O)N(C)CC(=O)N(C)CC(=O)N(C)CC(=O)N(C)CC(=O)NCCOCCOCCOCCOCCOCCOCCN(C[C@H](O)[C@@H](O)[C@H](O)[C@H](O)CO)C[C@H](O)[C@@H](O)[C@H](O)[C@H](O)CO)C(=O)NCCOCCOCCOCCOCCOCCOCCN(CC(O)[C@@H](O)[C@H](O)[C@H](O)CO)C[C@H](O)[C@@H](O)[C@H](O)[C@H](O)CO. The number of nitrogens with one attached hydrogen (secondary N) is 3. The standard InChI is InChI=1S/C77H149N11O41/c1-52(77(117)79-9-13-119-17-21-123-25-29-127-33-35-129-31-27-125-23-19-121-15-11-88(40-55(95)71(111)75(115)59(99)50-91)41-56(96)72(112)76(116)60(100)51-92)36-61(101)80-37-63(103)82(3)43-65(105)84(5)45-67(107)86(7)47-68(108)85(6)46-66(106)83(4)44-64(104)81(2)42-62(102)78-8-12-118-16-20-122-24-28-126-32-34-128-30-26-124-22-18-120-14-10-87(38-53(93)69(109)73(113)57(97)48-89)39-54(94)70(110)74(114)58(98)49-90/h52-60,69-76,89-100,109-116H,8-51H2,1-7H3,(H,78,102)(H,79,117)(H,80,101)/t52-,53-,54-,55-,56?,57+,58+,59+,60+,69+,70+,71+,72+,73+,74+,75+,76+/m0/s1. The minimum Gasteiger partial charge on any atom is -0.394 e. The van der Waals surface area contributed by atoms with Gasteiger partial charge in [-0.05, 0) is 0 Å². The lowest BCUT2D eigenvalue weighted by Gasteiger charge is -2.33. The van der Waals surface area contributed by atoms with Gasteiger partial charge in [0.05, 0.1) is 255 Å². The highest BCUT2D eigenvalue weighted by Gasteiger charge is 2.37. The Morgan fingerprint density at radius 1 is 0.248 bits per heavy atom. The predicted molar refractivity (Wildman–Crippen MR) is 446 cm³/mol. The van der Waals surface area contributed by atoms with Gasteiger partial charge in [-0.1, -0.05) is 6.92 Å². The van der Waals surface area contributed by atoms with Crippen LogP contribution in [0.25, 0.3) is 0 Å². The molecule has 52 nitrogen and oxygen atoms in total. The fraction of sp³-hybridized carbons (Fsp3) is 0.883. The first-order valence-electron chi connectivity index (χ1n) is 42.2. The van der Waals surface area contributed by atoms with E-state index >= 15 is 0 Å². The molecule has 52 heteroatoms. The van der Waals surface area contributed by atoms with Crippen molar-refractivity contribution in [2.45, 2.75) is 111 Å². The second-order valence-corrected chi connectivity index (χ2v) is 30.1. The lowest BCUT2D eigenvalue weighted by Crippen LogP contribution is -2.53. The number of nitrogens with zero attached hydrogens (tertiary/aromatic N) is 8. The van der Waals surface area contributed by atoms with E-state index in [0.717, 1.165) is 29.4 Å². The van der Waals surface area contributed by atoms with E-state index in [1.54, 1.807) is 0 Å². The zero-order valence-electron chi connectivity index (χ0n) is 75.0. The smallest absolute Gasteiger partial charge is 0.242 e. The van der Waals surface area contributed by atoms with E-state index in [4.69, 9.17) is 77.3 Å². The van der Waals surface area contributed by atoms with Crippen LogP contribution in [0.5, 0.6) is 0 Å². The van der Waals surface area contributed by atoms with Crippen LogP contribution in [-0.4, -0.2) is 618 Å². The van der Waals surface area contributed by atoms with Gasteiger partial charge < -0.3 is 204 Å². The summed E-state index contributed by atoms with van der Waals surface area (Å²) in [6, 6.07) is 0. The number of likely N-dealkylation sites (N-methyl/N-ethyl adjacent to an activating group) is 6. The Hall–Kier alpha value is -6.13. The van der Waals surface area contributed by atoms with E-state index in [9.17, 15) is 125 Å². The molecular weight excluding hydrogens is 1730 g/mol. The molecular formula is C77H149N11O41. The summed E-state index contributed by atoms with van der Waals surface area (Å²) in [5.74, 6) is -6.14. The molecule has 9 amide bonds. The van der Waals surface area contributed by atoms with Gasteiger partial charge in [0, 0.05) is 107 Å². The fourth-order valence-electron chi connectivity index (χ4n) is 10.9. The molecule has 0 heterocycles. The summed E-state index contributed by atoms with van der Waals surface area (Å²) in [6.45, 7) is -2.01. The third kappa shape index (κ3) is 57.3. The number of amides is 9. The van der Waals surface area contributed by atoms with Gasteiger partial charge in [-0.3, -0.25) is 53.0 Å². The minimum absolute atomic E-state index is 0.0161. The first-order chi connectivity index (χ1) is 61.2. The molecule has 0 aromatic rings. The third-order valence-corrected chi connectivity index (χ3v) is 19.2. The van der Waals surface area contributed by atoms with Crippen molar-refractivity contribution in [3.63, 3.8) is 0 Å². The highest BCUT2D eigenvalue weighted by molar-refractivity contribution is 5.93. The van der Waals surface area contributed by atoms with E-state index in [1.807, 2.05) is 0 Å². The molecule has 0 bridgehead atoms. The number of ether oxygens (including phenoxy) is 12. The van der Waals surface area contributed by atoms with Gasteiger partial charge in [-0.2, -0.15) is 0 Å². The molecule has 0 saturated heterocycles. The number of hydrogen-bond donors (Lipinski definition) is 23. The molecule has 17 atom stereocenters. The molecule has 0 aromatic heterocycles. The van der Waals surface area contributed by atoms with Crippen molar-refractivity contribution >= 4 is 53.2 Å². The molecule has 0 radical (unpaired) electrons. The molecule has 0 aromatic carbocycles. The summed E-state index contributed by atoms with van der Waals surface area (Å²) < 4.78 is 65.8. The first-order valence-corrected chi connectivity index (χ1v) is 42.2. The van der Waals surface area contributed by atoms with Gasteiger partial charge in [0.15, 0.2) is 0 Å². The maximum atomic E-state index is 13.1. The van der Waals surface area contributed by atoms with E-state index in [-0.39, 0.29) is 198 Å². The van der Waals surface area contributed by atoms with Gasteiger partial charge in [0.2, 0.25) is 53.2 Å². The molecule has 1 unspecified atom stereocenters. The Labute approximate surface area is 750 Å². The maximum absolute atomic E-state index is 13.1. The van der Waals surface area contributed by atoms with Crippen LogP contribution in [-0.2, 0) is 100.0 Å². The normalized spacial score (nSPS) is 15.8. The van der Waals surface area contributed by atoms with Crippen LogP contribution in [0, 0.1) is 5.92 Å². The quantitative estimate of drug-likeness (QED) is 0.0251. The molecule has 0 saturated carbocycles. The van der Waals surface area contributed by atoms with E-state index < -0.39 is 249 Å². The Morgan fingerprint density at radius 3 is 0.690 bits per heavy atom. The Morgan fingerprint density at radius 2 is 0.450 bits per heavy atom. The number of carbonyl (C=O) groups excluding carboxylic acids is 9. The van der Waals surface area contributed by atoms with Crippen LogP contribution in [0.3, 0.4) is 0 Å². The first kappa shape index (κ1) is 123. The van der Waals surface area contributed by atoms with Crippen LogP contribution < -0.4 is 16.0 Å². The topological polar surface area (TPSA) is 731 Å². The summed E-state index contributed by atoms with van der Waals surface area (Å²) in [5.41, 5.74) is 0. The summed E-state index contributed by atoms with van der Waals surface area (Å²) in [6.07, 6.45) is -29.5. The molecule has 0 fully saturated rings. The number of carbonyl (C=O) groups is 9. The second kappa shape index (κ2) is 74.2. The fourth-order valence-corrected chi connectivity index (χ4v) is 10.9. The van der Waals surface area contributed by atoms with Crippen molar-refractivity contribution in [1.29, 1.82) is 0 Å². The average molecular weight is 1890 g/mol. The van der Waals surface area contributed by atoms with Crippen LogP contribution in [0.2, 0.25) is 0 Å². The summed E-state index contributed by atoms with van der Waals surface area (Å²) in [5, 5.41) is 205. The average Bonchev–Trinajstić information content (AvgIpc) is 0.867. The third-order valence-electron chi connectivity index (χ3n) is 19.2. The Balaban J connectivity index is 4.28. The van der Waals surface area contributed by atoms with Gasteiger partial charge in [0.25, 0.3) is 0 Å². The molecule has 0 spiro atoms. The second-order valence-electron chi connectivity index (χ2n) is 30.1. The molecule has 23 N–H and O–H groups in total. The lowest BCUT2D eigenvalue weighted by atomic mass is 10.0. The number of rotatable bonds is 83. The summed E-state index contributed by atoms with van der Waals surface area (Å²) >= 11 is 0. The van der Waals surface area contributed by atoms with Crippen molar-refractivity contribution in [3.05, 3.63) is 0 Å². The van der Waals surface area contributed by atoms with Gasteiger partial charge in [-0.15, -0.1) is 0 Å². The molecule has 758 valence electrons. The minimum atomic E-state index is -1.92. The highest BCUT2D eigenvalue weighted by atomic mass is 16.6. The van der Waals surface area contributed by atoms with Crippen LogP contribution in [0.15, 0.2) is 0 Å². The van der Waals surface area contributed by atoms with Crippen LogP contribution >= 0.6 is 0 Å². The van der Waals surface area contributed by atoms with E-state index in [1.165, 1.54) is 59.0 Å². The number of aliphatic hydroxyl groups is 20. The van der Waals surface area contributed by atoms with E-state index in [0.29, 0.717) is 0 Å². The molecule has 0 rings (SSSR count). The summed E-state index contributed by atoms with van der Waals surface area (Å²) in [7, 11) is 7.94. The largest absolute Gasteiger partial charge is 0.394 e. The zero-order valence-corrected chi connectivity index (χ0v) is 75.0. The molecule has 129 heavy (non-hydrogen) atoms. The van der Waals surface area contributed by atoms with Crippen molar-refractivity contribution in [2.75, 3.05) is 325 Å². The van der Waals surface area contributed by atoms with Gasteiger partial charge in [0.1, 0.15) is 73.2 Å².